The lowest BCUT2D eigenvalue weighted by Gasteiger charge is -2.34. The van der Waals surface area contributed by atoms with Crippen molar-refractivity contribution < 1.29 is 9.59 Å². The number of anilines is 3. The fraction of sp³-hybridized carbons (Fsp3) is 0.308. The Morgan fingerprint density at radius 2 is 1.97 bits per heavy atom. The zero-order valence-corrected chi connectivity index (χ0v) is 21.4. The first-order chi connectivity index (χ1) is 17.4. The Kier molecular flexibility index (Phi) is 8.29. The van der Waals surface area contributed by atoms with Crippen molar-refractivity contribution in [3.05, 3.63) is 65.7 Å². The fourth-order valence-corrected chi connectivity index (χ4v) is 4.66. The second-order valence-electron chi connectivity index (χ2n) is 8.52. The Bertz CT molecular complexity index is 1230. The second-order valence-corrected chi connectivity index (χ2v) is 9.75. The third kappa shape index (κ3) is 6.67. The molecule has 1 fully saturated rings. The first kappa shape index (κ1) is 25.3. The van der Waals surface area contributed by atoms with Crippen molar-refractivity contribution in [3.8, 4) is 11.3 Å². The third-order valence-corrected chi connectivity index (χ3v) is 6.57. The first-order valence-corrected chi connectivity index (χ1v) is 12.7. The summed E-state index contributed by atoms with van der Waals surface area (Å²) in [6.07, 6.45) is 3.08. The second kappa shape index (κ2) is 11.8. The van der Waals surface area contributed by atoms with Crippen LogP contribution in [-0.4, -0.2) is 64.4 Å². The van der Waals surface area contributed by atoms with Crippen molar-refractivity contribution in [2.45, 2.75) is 20.4 Å². The van der Waals surface area contributed by atoms with E-state index in [0.29, 0.717) is 31.1 Å². The average Bonchev–Trinajstić information content (AvgIpc) is 3.28. The van der Waals surface area contributed by atoms with Gasteiger partial charge in [0.05, 0.1) is 5.69 Å². The number of benzene rings is 1. The molecule has 1 aromatic carbocycles. The summed E-state index contributed by atoms with van der Waals surface area (Å²) in [6.45, 7) is 11.8. The molecule has 2 aromatic heterocycles. The maximum atomic E-state index is 12.1. The molecule has 10 heteroatoms. The monoisotopic (exact) mass is 505 g/mol. The van der Waals surface area contributed by atoms with E-state index in [-0.39, 0.29) is 11.9 Å². The molecule has 36 heavy (non-hydrogen) atoms. The Hall–Kier alpha value is -3.76. The summed E-state index contributed by atoms with van der Waals surface area (Å²) in [6, 6.07) is 11.7. The molecule has 3 aromatic rings. The molecule has 1 aliphatic rings. The molecule has 0 bridgehead atoms. The molecule has 9 nitrogen and oxygen atoms in total. The van der Waals surface area contributed by atoms with Crippen LogP contribution in [0.1, 0.15) is 17.4 Å². The quantitative estimate of drug-likeness (QED) is 0.396. The van der Waals surface area contributed by atoms with E-state index in [4.69, 9.17) is 4.98 Å². The van der Waals surface area contributed by atoms with Gasteiger partial charge in [-0.1, -0.05) is 18.7 Å². The zero-order valence-electron chi connectivity index (χ0n) is 20.6. The first-order valence-electron chi connectivity index (χ1n) is 11.9. The van der Waals surface area contributed by atoms with E-state index in [1.54, 1.807) is 11.3 Å². The minimum atomic E-state index is -0.262. The highest BCUT2D eigenvalue weighted by Crippen LogP contribution is 2.27. The van der Waals surface area contributed by atoms with Crippen molar-refractivity contribution in [1.82, 2.24) is 25.1 Å². The number of thiazole rings is 1. The van der Waals surface area contributed by atoms with Crippen LogP contribution in [0.4, 0.5) is 21.4 Å². The molecule has 1 aliphatic heterocycles. The van der Waals surface area contributed by atoms with E-state index in [0.717, 1.165) is 46.5 Å². The van der Waals surface area contributed by atoms with E-state index >= 15 is 0 Å². The topological polar surface area (TPSA) is 102 Å². The summed E-state index contributed by atoms with van der Waals surface area (Å²) in [4.78, 5) is 38.5. The molecule has 0 aliphatic carbocycles. The number of rotatable bonds is 8. The standard InChI is InChI=1S/C26H31N7O2S/c1-4-24(34)29-21-8-6-7-20(15-21)22-13-19(14-23(30-22)31-25-28-16-18(3)36-25)17-32-9-11-33(12-10-32)26(35)27-5-2/h4,6-8,13-16H,1,5,9-12,17H2,2-3H3,(H,27,35)(H,29,34)(H,28,30,31). The van der Waals surface area contributed by atoms with Gasteiger partial charge in [-0.15, -0.1) is 11.3 Å². The Labute approximate surface area is 215 Å². The molecule has 4 rings (SSSR count). The smallest absolute Gasteiger partial charge is 0.317 e. The molecule has 1 saturated heterocycles. The number of aromatic nitrogens is 2. The third-order valence-electron chi connectivity index (χ3n) is 5.75. The van der Waals surface area contributed by atoms with Gasteiger partial charge in [-0.3, -0.25) is 9.69 Å². The number of amides is 3. The molecule has 0 atom stereocenters. The molecule has 3 heterocycles. The summed E-state index contributed by atoms with van der Waals surface area (Å²) in [7, 11) is 0. The molecular formula is C26H31N7O2S. The van der Waals surface area contributed by atoms with Crippen molar-refractivity contribution >= 4 is 39.9 Å². The van der Waals surface area contributed by atoms with Gasteiger partial charge in [0, 0.05) is 61.6 Å². The van der Waals surface area contributed by atoms with Gasteiger partial charge in [0.15, 0.2) is 5.13 Å². The summed E-state index contributed by atoms with van der Waals surface area (Å²) in [5, 5.41) is 9.80. The van der Waals surface area contributed by atoms with Crippen LogP contribution in [0.25, 0.3) is 11.3 Å². The van der Waals surface area contributed by atoms with Gasteiger partial charge in [-0.05, 0) is 49.8 Å². The predicted molar refractivity (Wildman–Crippen MR) is 145 cm³/mol. The summed E-state index contributed by atoms with van der Waals surface area (Å²) >= 11 is 1.57. The number of nitrogens with one attached hydrogen (secondary N) is 3. The van der Waals surface area contributed by atoms with Crippen LogP contribution in [0, 0.1) is 6.92 Å². The summed E-state index contributed by atoms with van der Waals surface area (Å²) < 4.78 is 0. The largest absolute Gasteiger partial charge is 0.338 e. The molecule has 188 valence electrons. The predicted octanol–water partition coefficient (Wildman–Crippen LogP) is 4.23. The number of nitrogens with zero attached hydrogens (tertiary/aromatic N) is 4. The van der Waals surface area contributed by atoms with Crippen molar-refractivity contribution in [2.24, 2.45) is 0 Å². The van der Waals surface area contributed by atoms with Crippen LogP contribution < -0.4 is 16.0 Å². The normalized spacial score (nSPS) is 13.8. The number of hydrogen-bond acceptors (Lipinski definition) is 7. The summed E-state index contributed by atoms with van der Waals surface area (Å²) in [5.74, 6) is 0.445. The van der Waals surface area contributed by atoms with Gasteiger partial charge in [0.1, 0.15) is 5.82 Å². The minimum Gasteiger partial charge on any atom is -0.338 e. The van der Waals surface area contributed by atoms with E-state index in [1.165, 1.54) is 6.08 Å². The highest BCUT2D eigenvalue weighted by atomic mass is 32.1. The lowest BCUT2D eigenvalue weighted by molar-refractivity contribution is -0.111. The molecule has 0 saturated carbocycles. The lowest BCUT2D eigenvalue weighted by Crippen LogP contribution is -2.51. The number of piperazine rings is 1. The van der Waals surface area contributed by atoms with E-state index in [1.807, 2.05) is 55.3 Å². The van der Waals surface area contributed by atoms with E-state index in [9.17, 15) is 9.59 Å². The van der Waals surface area contributed by atoms with E-state index in [2.05, 4.69) is 38.5 Å². The number of pyridine rings is 1. The Morgan fingerprint density at radius 1 is 1.17 bits per heavy atom. The van der Waals surface area contributed by atoms with Crippen molar-refractivity contribution in [3.63, 3.8) is 0 Å². The number of carbonyl (C=O) groups is 2. The van der Waals surface area contributed by atoms with Crippen molar-refractivity contribution in [1.29, 1.82) is 0 Å². The van der Waals surface area contributed by atoms with Crippen LogP contribution in [0.15, 0.2) is 55.3 Å². The zero-order chi connectivity index (χ0) is 25.5. The van der Waals surface area contributed by atoms with Crippen LogP contribution in [0.5, 0.6) is 0 Å². The maximum Gasteiger partial charge on any atom is 0.317 e. The molecule has 3 N–H and O–H groups in total. The molecular weight excluding hydrogens is 474 g/mol. The van der Waals surface area contributed by atoms with Crippen LogP contribution >= 0.6 is 11.3 Å². The van der Waals surface area contributed by atoms with Crippen LogP contribution in [-0.2, 0) is 11.3 Å². The van der Waals surface area contributed by atoms with Gasteiger partial charge in [-0.25, -0.2) is 14.8 Å². The fourth-order valence-electron chi connectivity index (χ4n) is 3.99. The highest BCUT2D eigenvalue weighted by Gasteiger charge is 2.21. The van der Waals surface area contributed by atoms with Gasteiger partial charge < -0.3 is 20.9 Å². The molecule has 0 radical (unpaired) electrons. The van der Waals surface area contributed by atoms with Crippen molar-refractivity contribution in [2.75, 3.05) is 43.4 Å². The Balaban J connectivity index is 1.56. The molecule has 0 unspecified atom stereocenters. The summed E-state index contributed by atoms with van der Waals surface area (Å²) in [5.41, 5.74) is 3.45. The average molecular weight is 506 g/mol. The molecule has 3 amide bonds. The SMILES string of the molecule is C=CC(=O)Nc1cccc(-c2cc(CN3CCN(C(=O)NCC)CC3)cc(Nc3ncc(C)s3)n2)c1. The van der Waals surface area contributed by atoms with Gasteiger partial charge in [0.2, 0.25) is 5.91 Å². The van der Waals surface area contributed by atoms with Crippen LogP contribution in [0.2, 0.25) is 0 Å². The molecule has 0 spiro atoms. The number of aryl methyl sites for hydroxylation is 1. The Morgan fingerprint density at radius 3 is 2.67 bits per heavy atom. The van der Waals surface area contributed by atoms with E-state index < -0.39 is 0 Å². The maximum absolute atomic E-state index is 12.1. The van der Waals surface area contributed by atoms with Gasteiger partial charge in [-0.2, -0.15) is 0 Å². The minimum absolute atomic E-state index is 0.00278. The number of hydrogen-bond donors (Lipinski definition) is 3. The number of urea groups is 1. The van der Waals surface area contributed by atoms with Crippen LogP contribution in [0.3, 0.4) is 0 Å². The highest BCUT2D eigenvalue weighted by molar-refractivity contribution is 7.15. The number of carbonyl (C=O) groups excluding carboxylic acids is 2. The lowest BCUT2D eigenvalue weighted by atomic mass is 10.1. The van der Waals surface area contributed by atoms with Gasteiger partial charge >= 0.3 is 6.03 Å². The van der Waals surface area contributed by atoms with Gasteiger partial charge in [0.25, 0.3) is 0 Å².